The van der Waals surface area contributed by atoms with E-state index in [0.717, 1.165) is 11.5 Å². The Hall–Kier alpha value is -0.730. The van der Waals surface area contributed by atoms with Crippen molar-refractivity contribution in [2.45, 2.75) is 6.92 Å². The second kappa shape index (κ2) is 9.25. The van der Waals surface area contributed by atoms with Gasteiger partial charge < -0.3 is 0 Å². The molecule has 1 aliphatic heterocycles. The second-order valence-electron chi connectivity index (χ2n) is 3.61. The predicted octanol–water partition coefficient (Wildman–Crippen LogP) is 0.948. The van der Waals surface area contributed by atoms with Crippen molar-refractivity contribution in [1.82, 2.24) is 21.2 Å². The van der Waals surface area contributed by atoms with Gasteiger partial charge in [-0.25, -0.2) is 0 Å². The maximum atomic E-state index is 12.2. The number of hydrogen-bond donors (Lipinski definition) is 4. The van der Waals surface area contributed by atoms with E-state index < -0.39 is 19.3 Å². The Morgan fingerprint density at radius 1 is 1.05 bits per heavy atom. The summed E-state index contributed by atoms with van der Waals surface area (Å²) in [6.45, 7) is 1.67. The average molecular weight is 336 g/mol. The van der Waals surface area contributed by atoms with Crippen LogP contribution in [0, 0.1) is 0 Å². The van der Waals surface area contributed by atoms with Gasteiger partial charge in [-0.1, -0.05) is 6.92 Å². The summed E-state index contributed by atoms with van der Waals surface area (Å²) in [4.78, 5) is 22.9. The SMILES string of the molecule is CCP1(=O)NNC(=O)/C=C/SCCS/C=C/C(=O)NN1. The van der Waals surface area contributed by atoms with Crippen LogP contribution >= 0.6 is 31.0 Å². The molecule has 4 N–H and O–H groups in total. The Balaban J connectivity index is 2.69. The molecule has 1 aliphatic rings. The molecule has 0 aromatic rings. The number of thioether (sulfide) groups is 2. The summed E-state index contributed by atoms with van der Waals surface area (Å²) < 4.78 is 12.2. The van der Waals surface area contributed by atoms with E-state index in [1.54, 1.807) is 17.7 Å². The third-order valence-corrected chi connectivity index (χ3v) is 5.75. The fourth-order valence-electron chi connectivity index (χ4n) is 1.01. The Morgan fingerprint density at radius 2 is 1.50 bits per heavy atom. The minimum absolute atomic E-state index is 0.213. The van der Waals surface area contributed by atoms with Gasteiger partial charge in [0.05, 0.1) is 0 Å². The maximum absolute atomic E-state index is 12.2. The van der Waals surface area contributed by atoms with Crippen molar-refractivity contribution in [3.8, 4) is 0 Å². The molecule has 10 heteroatoms. The lowest BCUT2D eigenvalue weighted by Crippen LogP contribution is -2.43. The zero-order chi connectivity index (χ0) is 14.8. The largest absolute Gasteiger partial charge is 0.286 e. The van der Waals surface area contributed by atoms with Gasteiger partial charge in [-0.15, -0.1) is 23.5 Å². The number of hydrogen-bond acceptors (Lipinski definition) is 5. The zero-order valence-electron chi connectivity index (χ0n) is 10.9. The number of nitrogens with one attached hydrogen (secondary N) is 4. The minimum Gasteiger partial charge on any atom is -0.286 e. The van der Waals surface area contributed by atoms with E-state index in [1.165, 1.54) is 35.7 Å². The van der Waals surface area contributed by atoms with Crippen molar-refractivity contribution in [3.05, 3.63) is 23.0 Å². The normalized spacial score (nSPS) is 24.6. The molecule has 0 radical (unpaired) electrons. The number of amides is 2. The van der Waals surface area contributed by atoms with E-state index in [2.05, 4.69) is 21.2 Å². The summed E-state index contributed by atoms with van der Waals surface area (Å²) >= 11 is 2.97. The molecular formula is C10H17N4O3PS2. The van der Waals surface area contributed by atoms with Gasteiger partial charge >= 0.3 is 0 Å². The van der Waals surface area contributed by atoms with Crippen LogP contribution in [0.1, 0.15) is 6.92 Å². The molecule has 0 saturated carbocycles. The molecular weight excluding hydrogens is 319 g/mol. The lowest BCUT2D eigenvalue weighted by molar-refractivity contribution is -0.117. The zero-order valence-corrected chi connectivity index (χ0v) is 13.4. The maximum Gasteiger partial charge on any atom is 0.258 e. The van der Waals surface area contributed by atoms with Gasteiger partial charge in [0.1, 0.15) is 0 Å². The molecule has 2 amide bonds. The molecule has 0 fully saturated rings. The highest BCUT2D eigenvalue weighted by Crippen LogP contribution is 2.32. The van der Waals surface area contributed by atoms with E-state index in [9.17, 15) is 14.2 Å². The highest BCUT2D eigenvalue weighted by molar-refractivity contribution is 8.05. The molecule has 0 aromatic carbocycles. The highest BCUT2D eigenvalue weighted by atomic mass is 32.2. The van der Waals surface area contributed by atoms with E-state index in [1.807, 2.05) is 0 Å². The van der Waals surface area contributed by atoms with Crippen LogP contribution in [0.25, 0.3) is 0 Å². The summed E-state index contributed by atoms with van der Waals surface area (Å²) in [5, 5.41) is 8.20. The summed E-state index contributed by atoms with van der Waals surface area (Å²) in [6.07, 6.45) is 2.93. The predicted molar refractivity (Wildman–Crippen MR) is 83.9 cm³/mol. The molecule has 0 spiro atoms. The first-order valence-electron chi connectivity index (χ1n) is 5.85. The fourth-order valence-corrected chi connectivity index (χ4v) is 3.45. The third kappa shape index (κ3) is 7.16. The van der Waals surface area contributed by atoms with Crippen LogP contribution in [0.3, 0.4) is 0 Å². The molecule has 7 nitrogen and oxygen atoms in total. The second-order valence-corrected chi connectivity index (χ2v) is 8.19. The Morgan fingerprint density at radius 3 is 1.90 bits per heavy atom. The van der Waals surface area contributed by atoms with E-state index in [4.69, 9.17) is 0 Å². The third-order valence-electron chi connectivity index (χ3n) is 2.12. The van der Waals surface area contributed by atoms with Crippen LogP contribution in [0.5, 0.6) is 0 Å². The Labute approximate surface area is 126 Å². The monoisotopic (exact) mass is 336 g/mol. The minimum atomic E-state index is -3.10. The van der Waals surface area contributed by atoms with Crippen LogP contribution in [-0.2, 0) is 14.2 Å². The van der Waals surface area contributed by atoms with Gasteiger partial charge in [0.25, 0.3) is 11.8 Å². The van der Waals surface area contributed by atoms with Crippen LogP contribution in [0.15, 0.2) is 23.0 Å². The van der Waals surface area contributed by atoms with Crippen molar-refractivity contribution in [2.24, 2.45) is 0 Å². The molecule has 0 bridgehead atoms. The molecule has 20 heavy (non-hydrogen) atoms. The molecule has 0 aromatic heterocycles. The number of carbonyl (C=O) groups is 2. The van der Waals surface area contributed by atoms with Crippen LogP contribution in [0.4, 0.5) is 0 Å². The first kappa shape index (κ1) is 17.3. The average Bonchev–Trinajstić information content (AvgIpc) is 2.45. The van der Waals surface area contributed by atoms with Gasteiger partial charge in [0, 0.05) is 29.8 Å². The summed E-state index contributed by atoms with van der Waals surface area (Å²) in [5.74, 6) is 0.832. The Bertz CT molecular complexity index is 420. The Kier molecular flexibility index (Phi) is 8.01. The quantitative estimate of drug-likeness (QED) is 0.529. The molecule has 0 atom stereocenters. The van der Waals surface area contributed by atoms with E-state index >= 15 is 0 Å². The van der Waals surface area contributed by atoms with Crippen molar-refractivity contribution in [1.29, 1.82) is 0 Å². The van der Waals surface area contributed by atoms with Crippen molar-refractivity contribution < 1.29 is 14.2 Å². The van der Waals surface area contributed by atoms with Crippen molar-refractivity contribution in [3.63, 3.8) is 0 Å². The smallest absolute Gasteiger partial charge is 0.258 e. The molecule has 1 rings (SSSR count). The molecule has 1 heterocycles. The standard InChI is InChI=1S/C10H17N4O3PS2/c1-2-18(17)13-11-9(15)3-5-19-7-8-20-6-4-10(16)12-14-18/h3-6H,2,7-8H2,1H3,(H,11,15)(H,12,16)(H2,13,14,17)/b5-3+,6-4+. The topological polar surface area (TPSA) is 99.3 Å². The first-order chi connectivity index (χ1) is 9.56. The van der Waals surface area contributed by atoms with Crippen molar-refractivity contribution in [2.75, 3.05) is 17.7 Å². The van der Waals surface area contributed by atoms with Gasteiger partial charge in [-0.3, -0.25) is 25.0 Å². The van der Waals surface area contributed by atoms with Crippen LogP contribution in [-0.4, -0.2) is 29.5 Å². The lowest BCUT2D eigenvalue weighted by Gasteiger charge is -2.19. The summed E-state index contributed by atoms with van der Waals surface area (Å²) in [5.41, 5.74) is 4.64. The lowest BCUT2D eigenvalue weighted by atomic mass is 10.6. The van der Waals surface area contributed by atoms with Crippen molar-refractivity contribution >= 4 is 42.8 Å². The first-order valence-corrected chi connectivity index (χ1v) is 9.84. The summed E-state index contributed by atoms with van der Waals surface area (Å²) in [7, 11) is -3.10. The molecule has 0 aliphatic carbocycles. The number of carbonyl (C=O) groups excluding carboxylic acids is 2. The number of hydrazine groups is 2. The van der Waals surface area contributed by atoms with E-state index in [-0.39, 0.29) is 6.16 Å². The number of rotatable bonds is 1. The van der Waals surface area contributed by atoms with E-state index in [0.29, 0.717) is 0 Å². The van der Waals surface area contributed by atoms with Crippen LogP contribution in [0.2, 0.25) is 0 Å². The van der Waals surface area contributed by atoms with Gasteiger partial charge in [0.2, 0.25) is 7.44 Å². The molecule has 0 saturated heterocycles. The fraction of sp³-hybridized carbons (Fsp3) is 0.400. The molecule has 0 unspecified atom stereocenters. The van der Waals surface area contributed by atoms with Gasteiger partial charge in [0.15, 0.2) is 0 Å². The molecule has 112 valence electrons. The highest BCUT2D eigenvalue weighted by Gasteiger charge is 2.19. The summed E-state index contributed by atoms with van der Waals surface area (Å²) in [6, 6.07) is 0. The van der Waals surface area contributed by atoms with Gasteiger partial charge in [-0.2, -0.15) is 10.4 Å². The van der Waals surface area contributed by atoms with Crippen LogP contribution < -0.4 is 21.2 Å². The van der Waals surface area contributed by atoms with Gasteiger partial charge in [-0.05, 0) is 10.8 Å².